The van der Waals surface area contributed by atoms with E-state index >= 15 is 0 Å². The van der Waals surface area contributed by atoms with Gasteiger partial charge in [0.2, 0.25) is 0 Å². The van der Waals surface area contributed by atoms with Gasteiger partial charge >= 0.3 is 6.09 Å². The summed E-state index contributed by atoms with van der Waals surface area (Å²) in [5.41, 5.74) is 3.05. The lowest BCUT2D eigenvalue weighted by molar-refractivity contribution is 0.103. The van der Waals surface area contributed by atoms with Crippen LogP contribution in [0.25, 0.3) is 0 Å². The van der Waals surface area contributed by atoms with E-state index in [1.165, 1.54) is 10.6 Å². The topological polar surface area (TPSA) is 71.8 Å². The van der Waals surface area contributed by atoms with Gasteiger partial charge in [0.25, 0.3) is 5.56 Å². The fourth-order valence-electron chi connectivity index (χ4n) is 4.03. The normalized spacial score (nSPS) is 20.1. The molecule has 30 heavy (non-hydrogen) atoms. The van der Waals surface area contributed by atoms with E-state index in [1.54, 1.807) is 29.3 Å². The van der Waals surface area contributed by atoms with Crippen molar-refractivity contribution in [2.75, 3.05) is 25.5 Å². The van der Waals surface area contributed by atoms with E-state index in [-0.39, 0.29) is 11.3 Å². The van der Waals surface area contributed by atoms with E-state index in [0.29, 0.717) is 18.7 Å². The minimum absolute atomic E-state index is 0.0491. The fourth-order valence-corrected chi connectivity index (χ4v) is 4.03. The van der Waals surface area contributed by atoms with E-state index in [1.807, 2.05) is 37.3 Å². The second-order valence-corrected chi connectivity index (χ2v) is 7.95. The maximum Gasteiger partial charge on any atom is 0.414 e. The van der Waals surface area contributed by atoms with Gasteiger partial charge in [0.15, 0.2) is 5.78 Å². The Hall–Kier alpha value is -3.35. The molecule has 1 fully saturated rings. The third kappa shape index (κ3) is 4.01. The van der Waals surface area contributed by atoms with Crippen LogP contribution in [-0.4, -0.2) is 48.1 Å². The number of amides is 1. The first-order chi connectivity index (χ1) is 14.4. The lowest BCUT2D eigenvalue weighted by Gasteiger charge is -2.16. The van der Waals surface area contributed by atoms with Crippen LogP contribution in [0.15, 0.2) is 59.2 Å². The second-order valence-electron chi connectivity index (χ2n) is 7.95. The molecule has 0 saturated carbocycles. The minimum atomic E-state index is -0.433. The Bertz CT molecular complexity index is 1070. The number of carbonyl (C=O) groups excluding carboxylic acids is 2. The summed E-state index contributed by atoms with van der Waals surface area (Å²) in [6.07, 6.45) is 5.13. The van der Waals surface area contributed by atoms with E-state index < -0.39 is 12.2 Å². The predicted octanol–water partition coefficient (Wildman–Crippen LogP) is 2.84. The van der Waals surface area contributed by atoms with Gasteiger partial charge in [-0.15, -0.1) is 0 Å². The zero-order valence-corrected chi connectivity index (χ0v) is 17.2. The summed E-state index contributed by atoms with van der Waals surface area (Å²) in [5, 5.41) is 0. The standard InChI is InChI=1S/C23H25N3O4/c1-24(2)13-17-7-5-6-16-12-18(9-10-20(16)22(17)28)26-15-19(30-23(26)29)14-25-11-4-3-8-21(25)27/h3-4,8-13,19H,5-7,14-15H2,1-2H3/t19-/m1/s1. The maximum atomic E-state index is 12.9. The van der Waals surface area contributed by atoms with E-state index in [0.717, 1.165) is 36.1 Å². The van der Waals surface area contributed by atoms with Crippen LogP contribution in [0.3, 0.4) is 0 Å². The number of ketones is 1. The summed E-state index contributed by atoms with van der Waals surface area (Å²) in [5.74, 6) is 0.0491. The Labute approximate surface area is 175 Å². The average Bonchev–Trinajstić information content (AvgIpc) is 3.00. The zero-order valence-electron chi connectivity index (χ0n) is 17.2. The molecule has 2 heterocycles. The number of nitrogens with zero attached hydrogens (tertiary/aromatic N) is 3. The SMILES string of the molecule is CN(C)C=C1CCCc2cc(N3C[C@@H](Cn4ccccc4=O)OC3=O)ccc2C1=O. The first-order valence-corrected chi connectivity index (χ1v) is 10.1. The molecule has 7 heteroatoms. The van der Waals surface area contributed by atoms with Crippen LogP contribution in [-0.2, 0) is 17.7 Å². The van der Waals surface area contributed by atoms with Gasteiger partial charge in [-0.25, -0.2) is 4.79 Å². The van der Waals surface area contributed by atoms with Crippen LogP contribution < -0.4 is 10.5 Å². The maximum absolute atomic E-state index is 12.9. The predicted molar refractivity (Wildman–Crippen MR) is 114 cm³/mol. The summed E-state index contributed by atoms with van der Waals surface area (Å²) in [6, 6.07) is 10.5. The van der Waals surface area contributed by atoms with Gasteiger partial charge in [0, 0.05) is 49.4 Å². The lowest BCUT2D eigenvalue weighted by atomic mass is 9.99. The molecule has 0 unspecified atom stereocenters. The van der Waals surface area contributed by atoms with Crippen molar-refractivity contribution in [2.24, 2.45) is 0 Å². The third-order valence-electron chi connectivity index (χ3n) is 5.42. The first-order valence-electron chi connectivity index (χ1n) is 10.1. The van der Waals surface area contributed by atoms with E-state index in [4.69, 9.17) is 4.74 Å². The van der Waals surface area contributed by atoms with Gasteiger partial charge < -0.3 is 14.2 Å². The Morgan fingerprint density at radius 3 is 2.73 bits per heavy atom. The summed E-state index contributed by atoms with van der Waals surface area (Å²) in [4.78, 5) is 40.8. The van der Waals surface area contributed by atoms with Gasteiger partial charge in [-0.1, -0.05) is 6.07 Å². The Balaban J connectivity index is 1.55. The van der Waals surface area contributed by atoms with Gasteiger partial charge in [-0.2, -0.15) is 0 Å². The highest BCUT2D eigenvalue weighted by molar-refractivity contribution is 6.10. The summed E-state index contributed by atoms with van der Waals surface area (Å²) < 4.78 is 7.02. The molecule has 0 bridgehead atoms. The van der Waals surface area contributed by atoms with Crippen LogP contribution >= 0.6 is 0 Å². The highest BCUT2D eigenvalue weighted by Crippen LogP contribution is 2.30. The summed E-state index contributed by atoms with van der Waals surface area (Å²) in [6.45, 7) is 0.669. The largest absolute Gasteiger partial charge is 0.442 e. The first kappa shape index (κ1) is 19.9. The third-order valence-corrected chi connectivity index (χ3v) is 5.42. The van der Waals surface area contributed by atoms with Crippen molar-refractivity contribution in [1.29, 1.82) is 0 Å². The van der Waals surface area contributed by atoms with Crippen LogP contribution in [0.2, 0.25) is 0 Å². The van der Waals surface area contributed by atoms with Gasteiger partial charge in [0.1, 0.15) is 6.10 Å². The minimum Gasteiger partial charge on any atom is -0.442 e. The number of anilines is 1. The summed E-state index contributed by atoms with van der Waals surface area (Å²) >= 11 is 0. The molecule has 1 aromatic heterocycles. The number of fused-ring (bicyclic) bond motifs is 1. The lowest BCUT2D eigenvalue weighted by Crippen LogP contribution is -2.29. The highest BCUT2D eigenvalue weighted by Gasteiger charge is 2.33. The number of hydrogen-bond acceptors (Lipinski definition) is 5. The molecule has 2 aromatic rings. The van der Waals surface area contributed by atoms with Crippen molar-refractivity contribution in [3.63, 3.8) is 0 Å². The van der Waals surface area contributed by atoms with Crippen molar-refractivity contribution in [3.05, 3.63) is 75.8 Å². The number of carbonyl (C=O) groups is 2. The molecule has 1 aliphatic carbocycles. The molecule has 1 aromatic carbocycles. The number of ether oxygens (including phenoxy) is 1. The van der Waals surface area contributed by atoms with Crippen LogP contribution in [0.5, 0.6) is 0 Å². The van der Waals surface area contributed by atoms with E-state index in [2.05, 4.69) is 0 Å². The number of pyridine rings is 1. The number of rotatable bonds is 4. The molecule has 1 saturated heterocycles. The van der Waals surface area contributed by atoms with Crippen molar-refractivity contribution in [1.82, 2.24) is 9.47 Å². The number of allylic oxidation sites excluding steroid dienone is 1. The smallest absolute Gasteiger partial charge is 0.414 e. The second kappa shape index (κ2) is 8.18. The van der Waals surface area contributed by atoms with Crippen LogP contribution in [0, 0.1) is 0 Å². The number of cyclic esters (lactones) is 1. The molecular weight excluding hydrogens is 382 g/mol. The van der Waals surface area contributed by atoms with Crippen molar-refractivity contribution < 1.29 is 14.3 Å². The van der Waals surface area contributed by atoms with Crippen LogP contribution in [0.1, 0.15) is 28.8 Å². The number of Topliss-reactive ketones (excluding diaryl/α,β-unsaturated/α-hetero) is 1. The molecule has 2 aliphatic rings. The molecule has 4 rings (SSSR count). The van der Waals surface area contributed by atoms with Crippen molar-refractivity contribution >= 4 is 17.6 Å². The molecule has 7 nitrogen and oxygen atoms in total. The highest BCUT2D eigenvalue weighted by atomic mass is 16.6. The molecule has 1 amide bonds. The number of benzene rings is 1. The Kier molecular flexibility index (Phi) is 5.44. The monoisotopic (exact) mass is 407 g/mol. The number of hydrogen-bond donors (Lipinski definition) is 0. The molecule has 1 atom stereocenters. The number of aryl methyl sites for hydroxylation is 1. The zero-order chi connectivity index (χ0) is 21.3. The average molecular weight is 407 g/mol. The molecule has 0 radical (unpaired) electrons. The number of aromatic nitrogens is 1. The van der Waals surface area contributed by atoms with Gasteiger partial charge in [-0.05, 0) is 49.1 Å². The Morgan fingerprint density at radius 2 is 1.97 bits per heavy atom. The molecule has 0 spiro atoms. The van der Waals surface area contributed by atoms with E-state index in [9.17, 15) is 14.4 Å². The summed E-state index contributed by atoms with van der Waals surface area (Å²) in [7, 11) is 3.82. The fraction of sp³-hybridized carbons (Fsp3) is 0.348. The molecule has 1 aliphatic heterocycles. The molecular formula is C23H25N3O4. The quantitative estimate of drug-likeness (QED) is 0.576. The van der Waals surface area contributed by atoms with Crippen molar-refractivity contribution in [3.8, 4) is 0 Å². The Morgan fingerprint density at radius 1 is 1.13 bits per heavy atom. The van der Waals surface area contributed by atoms with Crippen molar-refractivity contribution in [2.45, 2.75) is 31.9 Å². The molecule has 0 N–H and O–H groups in total. The van der Waals surface area contributed by atoms with Gasteiger partial charge in [0.05, 0.1) is 13.1 Å². The molecule has 156 valence electrons. The van der Waals surface area contributed by atoms with Gasteiger partial charge in [-0.3, -0.25) is 14.5 Å². The van der Waals surface area contributed by atoms with Crippen LogP contribution in [0.4, 0.5) is 10.5 Å².